The first-order valence-electron chi connectivity index (χ1n) is 9.06. The Bertz CT molecular complexity index is 756. The Kier molecular flexibility index (Phi) is 7.40. The molecule has 1 N–H and O–H groups in total. The molecule has 2 rings (SSSR count). The molecular formula is C20H27N3O4. The lowest BCUT2D eigenvalue weighted by Crippen LogP contribution is -2.36. The number of esters is 1. The maximum atomic E-state index is 12.3. The van der Waals surface area contributed by atoms with Crippen molar-refractivity contribution in [2.45, 2.75) is 39.7 Å². The third-order valence-electron chi connectivity index (χ3n) is 4.03. The van der Waals surface area contributed by atoms with Gasteiger partial charge in [-0.3, -0.25) is 4.79 Å². The average molecular weight is 373 g/mol. The molecule has 1 aromatic carbocycles. The van der Waals surface area contributed by atoms with E-state index in [9.17, 15) is 9.59 Å². The second-order valence-corrected chi connectivity index (χ2v) is 6.84. The first kappa shape index (κ1) is 20.5. The molecule has 1 amide bonds. The van der Waals surface area contributed by atoms with Crippen molar-refractivity contribution in [1.82, 2.24) is 15.1 Å². The zero-order valence-electron chi connectivity index (χ0n) is 16.3. The third-order valence-corrected chi connectivity index (χ3v) is 4.03. The van der Waals surface area contributed by atoms with Crippen molar-refractivity contribution in [3.05, 3.63) is 42.2 Å². The molecule has 27 heavy (non-hydrogen) atoms. The van der Waals surface area contributed by atoms with Crippen LogP contribution >= 0.6 is 0 Å². The van der Waals surface area contributed by atoms with Gasteiger partial charge in [0.1, 0.15) is 0 Å². The van der Waals surface area contributed by atoms with Gasteiger partial charge in [0, 0.05) is 6.04 Å². The highest BCUT2D eigenvalue weighted by molar-refractivity contribution is 5.92. The second kappa shape index (κ2) is 9.75. The molecule has 0 aliphatic rings. The van der Waals surface area contributed by atoms with Crippen LogP contribution in [0.15, 0.2) is 36.5 Å². The van der Waals surface area contributed by atoms with E-state index in [1.165, 1.54) is 11.8 Å². The summed E-state index contributed by atoms with van der Waals surface area (Å²) in [5, 5.41) is 7.05. The Labute approximate surface area is 159 Å². The molecule has 1 aromatic heterocycles. The van der Waals surface area contributed by atoms with Gasteiger partial charge < -0.3 is 14.8 Å². The van der Waals surface area contributed by atoms with Crippen molar-refractivity contribution in [1.29, 1.82) is 0 Å². The van der Waals surface area contributed by atoms with Crippen LogP contribution in [0.2, 0.25) is 0 Å². The van der Waals surface area contributed by atoms with E-state index in [-0.39, 0.29) is 30.0 Å². The van der Waals surface area contributed by atoms with Crippen LogP contribution in [0.4, 0.5) is 0 Å². The van der Waals surface area contributed by atoms with E-state index in [4.69, 9.17) is 9.47 Å². The lowest BCUT2D eigenvalue weighted by Gasteiger charge is -2.15. The normalized spacial score (nSPS) is 11.9. The van der Waals surface area contributed by atoms with E-state index >= 15 is 0 Å². The fraction of sp³-hybridized carbons (Fsp3) is 0.450. The first-order chi connectivity index (χ1) is 12.9. The first-order valence-corrected chi connectivity index (χ1v) is 9.06. The zero-order valence-corrected chi connectivity index (χ0v) is 16.3. The maximum absolute atomic E-state index is 12.3. The van der Waals surface area contributed by atoms with Crippen LogP contribution in [0.5, 0.6) is 5.75 Å². The number of methoxy groups -OCH3 is 1. The van der Waals surface area contributed by atoms with Gasteiger partial charge in [0.2, 0.25) is 5.69 Å². The molecule has 0 fully saturated rings. The molecular weight excluding hydrogens is 346 g/mol. The number of ether oxygens (including phenoxy) is 2. The highest BCUT2D eigenvalue weighted by Gasteiger charge is 2.21. The minimum atomic E-state index is -0.702. The Morgan fingerprint density at radius 1 is 1.15 bits per heavy atom. The van der Waals surface area contributed by atoms with Gasteiger partial charge >= 0.3 is 5.97 Å². The Balaban J connectivity index is 1.94. The molecule has 0 saturated carbocycles. The van der Waals surface area contributed by atoms with Gasteiger partial charge in [0.25, 0.3) is 5.91 Å². The molecule has 0 aliphatic heterocycles. The summed E-state index contributed by atoms with van der Waals surface area (Å²) in [5.41, 5.74) is 0.813. The van der Waals surface area contributed by atoms with Crippen molar-refractivity contribution >= 4 is 11.9 Å². The molecule has 0 radical (unpaired) electrons. The van der Waals surface area contributed by atoms with E-state index in [0.717, 1.165) is 18.5 Å². The Hall–Kier alpha value is -2.83. The number of nitrogens with zero attached hydrogens (tertiary/aromatic N) is 2. The topological polar surface area (TPSA) is 82.5 Å². The molecule has 0 saturated heterocycles. The number of amides is 1. The van der Waals surface area contributed by atoms with Crippen LogP contribution in [0, 0.1) is 5.92 Å². The molecule has 7 heteroatoms. The quantitative estimate of drug-likeness (QED) is 0.683. The van der Waals surface area contributed by atoms with Gasteiger partial charge in [-0.1, -0.05) is 32.0 Å². The molecule has 146 valence electrons. The monoisotopic (exact) mass is 373 g/mol. The minimum absolute atomic E-state index is 0.0296. The van der Waals surface area contributed by atoms with E-state index in [1.807, 2.05) is 37.3 Å². The lowest BCUT2D eigenvalue weighted by molar-refractivity contribution is -0.124. The number of rotatable bonds is 9. The number of benzene rings is 1. The predicted octanol–water partition coefficient (Wildman–Crippen LogP) is 2.98. The van der Waals surface area contributed by atoms with Gasteiger partial charge in [-0.05, 0) is 37.8 Å². The van der Waals surface area contributed by atoms with E-state index in [1.54, 1.807) is 6.20 Å². The van der Waals surface area contributed by atoms with Gasteiger partial charge in [0.05, 0.1) is 19.0 Å². The number of carbonyl (C=O) groups excluding carboxylic acids is 2. The van der Waals surface area contributed by atoms with Gasteiger partial charge in [0.15, 0.2) is 12.4 Å². The predicted molar refractivity (Wildman–Crippen MR) is 102 cm³/mol. The molecule has 0 aliphatic carbocycles. The van der Waals surface area contributed by atoms with E-state index in [0.29, 0.717) is 5.92 Å². The van der Waals surface area contributed by atoms with E-state index in [2.05, 4.69) is 24.3 Å². The maximum Gasteiger partial charge on any atom is 0.363 e. The summed E-state index contributed by atoms with van der Waals surface area (Å²) in [7, 11) is 1.45. The zero-order chi connectivity index (χ0) is 19.8. The Morgan fingerprint density at radius 2 is 1.85 bits per heavy atom. The smallest absolute Gasteiger partial charge is 0.363 e. The fourth-order valence-corrected chi connectivity index (χ4v) is 2.53. The molecule has 1 atom stereocenters. The number of carbonyl (C=O) groups is 2. The summed E-state index contributed by atoms with van der Waals surface area (Å²) in [6, 6.07) is 9.37. The molecule has 2 aromatic rings. The number of hydrogen-bond acceptors (Lipinski definition) is 5. The van der Waals surface area contributed by atoms with Gasteiger partial charge in [-0.25, -0.2) is 9.48 Å². The van der Waals surface area contributed by atoms with E-state index < -0.39 is 5.97 Å². The van der Waals surface area contributed by atoms with Gasteiger partial charge in [-0.15, -0.1) is 0 Å². The summed E-state index contributed by atoms with van der Waals surface area (Å²) in [6.45, 7) is 5.86. The number of aromatic nitrogens is 2. The van der Waals surface area contributed by atoms with Crippen molar-refractivity contribution in [3.63, 3.8) is 0 Å². The minimum Gasteiger partial charge on any atom is -0.493 e. The number of nitrogens with one attached hydrogen (secondary N) is 1. The number of hydrogen-bond donors (Lipinski definition) is 1. The van der Waals surface area contributed by atoms with Crippen LogP contribution in [0.25, 0.3) is 5.69 Å². The summed E-state index contributed by atoms with van der Waals surface area (Å²) < 4.78 is 11.8. The van der Waals surface area contributed by atoms with Gasteiger partial charge in [-0.2, -0.15) is 5.10 Å². The van der Waals surface area contributed by atoms with Crippen molar-refractivity contribution in [2.75, 3.05) is 13.7 Å². The van der Waals surface area contributed by atoms with Crippen LogP contribution in [0.1, 0.15) is 44.1 Å². The largest absolute Gasteiger partial charge is 0.493 e. The standard InChI is InChI=1S/C20H27N3O4/c1-14(2)10-11-15(3)21-18(24)13-27-20(25)19-17(26-4)12-23(22-19)16-8-6-5-7-9-16/h5-9,12,14-15H,10-11,13H2,1-4H3,(H,21,24)/t15-/m0/s1. The summed E-state index contributed by atoms with van der Waals surface area (Å²) >= 11 is 0. The summed E-state index contributed by atoms with van der Waals surface area (Å²) in [6.07, 6.45) is 3.50. The van der Waals surface area contributed by atoms with Crippen LogP contribution in [0.3, 0.4) is 0 Å². The summed E-state index contributed by atoms with van der Waals surface area (Å²) in [5.74, 6) is -0.170. The lowest BCUT2D eigenvalue weighted by atomic mass is 10.0. The fourth-order valence-electron chi connectivity index (χ4n) is 2.53. The summed E-state index contributed by atoms with van der Waals surface area (Å²) in [4.78, 5) is 24.3. The average Bonchev–Trinajstić information content (AvgIpc) is 3.09. The molecule has 1 heterocycles. The molecule has 0 unspecified atom stereocenters. The van der Waals surface area contributed by atoms with Crippen molar-refractivity contribution in [2.24, 2.45) is 5.92 Å². The van der Waals surface area contributed by atoms with Crippen LogP contribution < -0.4 is 10.1 Å². The highest BCUT2D eigenvalue weighted by atomic mass is 16.5. The second-order valence-electron chi connectivity index (χ2n) is 6.84. The number of para-hydroxylation sites is 1. The molecule has 0 bridgehead atoms. The van der Waals surface area contributed by atoms with Crippen molar-refractivity contribution < 1.29 is 19.1 Å². The van der Waals surface area contributed by atoms with Crippen LogP contribution in [-0.2, 0) is 9.53 Å². The third kappa shape index (κ3) is 6.13. The Morgan fingerprint density at radius 3 is 2.48 bits per heavy atom. The van der Waals surface area contributed by atoms with Crippen molar-refractivity contribution in [3.8, 4) is 11.4 Å². The SMILES string of the molecule is COc1cn(-c2ccccc2)nc1C(=O)OCC(=O)N[C@@H](C)CCC(C)C. The highest BCUT2D eigenvalue weighted by Crippen LogP contribution is 2.20. The molecule has 0 spiro atoms. The van der Waals surface area contributed by atoms with Crippen LogP contribution in [-0.4, -0.2) is 41.4 Å². The molecule has 7 nitrogen and oxygen atoms in total.